The minimum atomic E-state index is -3.09. The van der Waals surface area contributed by atoms with E-state index in [1.165, 1.54) is 18.0 Å². The van der Waals surface area contributed by atoms with Crippen molar-refractivity contribution in [2.24, 2.45) is 0 Å². The number of para-hydroxylation sites is 2. The first-order valence-corrected chi connectivity index (χ1v) is 22.7. The molecule has 2 fully saturated rings. The maximum absolute atomic E-state index is 10.5. The largest absolute Gasteiger partial charge is 0.278 e. The van der Waals surface area contributed by atoms with Crippen molar-refractivity contribution in [3.05, 3.63) is 158 Å². The predicted octanol–water partition coefficient (Wildman–Crippen LogP) is 12.2. The highest BCUT2D eigenvalue weighted by Crippen LogP contribution is 2.48. The van der Waals surface area contributed by atoms with Crippen molar-refractivity contribution in [1.29, 1.82) is 0 Å². The summed E-state index contributed by atoms with van der Waals surface area (Å²) in [5.74, 6) is 1.01. The lowest BCUT2D eigenvalue weighted by atomic mass is 9.99. The molecule has 5 heteroatoms. The Labute approximate surface area is 337 Å². The molecule has 2 aliphatic rings. The molecular formula is C51H48N4Si. The average Bonchev–Trinajstić information content (AvgIpc) is 3.65. The summed E-state index contributed by atoms with van der Waals surface area (Å²) in [4.78, 5) is 15.4. The Bertz CT molecular complexity index is 2780. The minimum Gasteiger partial charge on any atom is -0.278 e. The lowest BCUT2D eigenvalue weighted by molar-refractivity contribution is 0.459. The highest BCUT2D eigenvalue weighted by atomic mass is 28.3. The number of aromatic nitrogens is 4. The minimum absolute atomic E-state index is 0.0432. The van der Waals surface area contributed by atoms with Crippen LogP contribution < -0.4 is 10.4 Å². The molecule has 0 aliphatic heterocycles. The predicted molar refractivity (Wildman–Crippen MR) is 236 cm³/mol. The summed E-state index contributed by atoms with van der Waals surface area (Å²) in [6, 6.07) is 45.7. The number of benzene rings is 6. The van der Waals surface area contributed by atoms with Gasteiger partial charge in [-0.15, -0.1) is 0 Å². The molecule has 0 amide bonds. The van der Waals surface area contributed by atoms with Gasteiger partial charge in [0.05, 0.1) is 16.5 Å². The lowest BCUT2D eigenvalue weighted by Gasteiger charge is -2.49. The summed E-state index contributed by atoms with van der Waals surface area (Å²) in [7, 11) is -3.09. The molecule has 276 valence electrons. The summed E-state index contributed by atoms with van der Waals surface area (Å²) in [5, 5.41) is 4.09. The van der Waals surface area contributed by atoms with Gasteiger partial charge in [0.2, 0.25) is 5.95 Å². The van der Waals surface area contributed by atoms with Gasteiger partial charge in [-0.1, -0.05) is 220 Å². The zero-order chi connectivity index (χ0) is 40.8. The van der Waals surface area contributed by atoms with E-state index < -0.39 is 8.07 Å². The van der Waals surface area contributed by atoms with Crippen molar-refractivity contribution in [3.8, 4) is 39.9 Å². The molecule has 56 heavy (non-hydrogen) atoms. The Hall–Kier alpha value is -5.65. The van der Waals surface area contributed by atoms with Gasteiger partial charge in [0, 0.05) is 21.9 Å². The van der Waals surface area contributed by atoms with E-state index in [0.29, 0.717) is 28.0 Å². The van der Waals surface area contributed by atoms with Gasteiger partial charge < -0.3 is 0 Å². The first-order chi connectivity index (χ1) is 29.4. The zero-order valence-electron chi connectivity index (χ0n) is 35.7. The second kappa shape index (κ2) is 15.1. The van der Waals surface area contributed by atoms with Crippen LogP contribution in [0.3, 0.4) is 0 Å². The number of nitrogens with zero attached hydrogens (tertiary/aromatic N) is 4. The van der Waals surface area contributed by atoms with Crippen molar-refractivity contribution in [1.82, 2.24) is 19.5 Å². The number of rotatable bonds is 8. The van der Waals surface area contributed by atoms with E-state index in [2.05, 4.69) is 77.4 Å². The van der Waals surface area contributed by atoms with Gasteiger partial charge in [0.15, 0.2) is 11.6 Å². The summed E-state index contributed by atoms with van der Waals surface area (Å²) < 4.78 is 41.8. The van der Waals surface area contributed by atoms with Crippen LogP contribution in [0.2, 0.25) is 11.1 Å². The van der Waals surface area contributed by atoms with E-state index in [4.69, 9.17) is 15.0 Å². The van der Waals surface area contributed by atoms with Gasteiger partial charge in [0.25, 0.3) is 0 Å². The molecule has 0 unspecified atom stereocenters. The van der Waals surface area contributed by atoms with Gasteiger partial charge in [-0.3, -0.25) is 4.57 Å². The van der Waals surface area contributed by atoms with Crippen LogP contribution in [0.5, 0.6) is 0 Å². The summed E-state index contributed by atoms with van der Waals surface area (Å²) in [6.07, 6.45) is 11.1. The first-order valence-electron chi connectivity index (χ1n) is 22.5. The smallest absolute Gasteiger partial charge is 0.238 e. The molecule has 4 nitrogen and oxygen atoms in total. The second-order valence-corrected chi connectivity index (χ2v) is 20.2. The molecule has 2 heterocycles. The molecule has 2 aromatic heterocycles. The topological polar surface area (TPSA) is 43.6 Å². The Balaban J connectivity index is 1.28. The van der Waals surface area contributed by atoms with E-state index in [0.717, 1.165) is 89.9 Å². The highest BCUT2D eigenvalue weighted by molar-refractivity contribution is 7.04. The van der Waals surface area contributed by atoms with Crippen LogP contribution in [-0.4, -0.2) is 27.6 Å². The van der Waals surface area contributed by atoms with Crippen LogP contribution in [0.25, 0.3) is 61.7 Å². The van der Waals surface area contributed by atoms with Gasteiger partial charge in [-0.05, 0) is 34.3 Å². The monoisotopic (exact) mass is 748 g/mol. The molecule has 0 radical (unpaired) electrons. The quantitative estimate of drug-likeness (QED) is 0.145. The van der Waals surface area contributed by atoms with Crippen LogP contribution in [0, 0.1) is 0 Å². The lowest BCUT2D eigenvalue weighted by Crippen LogP contribution is -2.65. The van der Waals surface area contributed by atoms with Crippen molar-refractivity contribution >= 4 is 40.3 Å². The van der Waals surface area contributed by atoms with Gasteiger partial charge >= 0.3 is 0 Å². The fourth-order valence-electron chi connectivity index (χ4n) is 10.2. The van der Waals surface area contributed by atoms with E-state index in [1.54, 1.807) is 0 Å². The Morgan fingerprint density at radius 1 is 0.482 bits per heavy atom. The molecular weight excluding hydrogens is 697 g/mol. The summed E-state index contributed by atoms with van der Waals surface area (Å²) >= 11 is 0. The molecule has 0 N–H and O–H groups in total. The third-order valence-corrected chi connectivity index (χ3v) is 18.7. The number of hydrogen-bond donors (Lipinski definition) is 0. The normalized spacial score (nSPS) is 16.7. The molecule has 0 spiro atoms. The third-order valence-electron chi connectivity index (χ3n) is 12.6. The Morgan fingerprint density at radius 2 is 1.02 bits per heavy atom. The molecule has 8 aromatic rings. The van der Waals surface area contributed by atoms with E-state index in [1.807, 2.05) is 60.7 Å². The molecule has 0 atom stereocenters. The maximum atomic E-state index is 10.5. The van der Waals surface area contributed by atoms with Crippen LogP contribution in [0.4, 0.5) is 0 Å². The maximum Gasteiger partial charge on any atom is 0.238 e. The van der Waals surface area contributed by atoms with Gasteiger partial charge in [-0.2, -0.15) is 9.97 Å². The van der Waals surface area contributed by atoms with Crippen LogP contribution >= 0.6 is 0 Å². The van der Waals surface area contributed by atoms with E-state index in [9.17, 15) is 5.48 Å². The number of fused-ring (bicyclic) bond motifs is 3. The SMILES string of the molecule is [2H]c1c([2H])c(-c2nc(-c3ccccc3)nc(-n3c4ccccc4c4ccccc43)n2)c([2H])c([Si](c2cccc(-c3ccccc3)c2)(C2CCCCC2)C2CCCCC2)c1[2H]. The first kappa shape index (κ1) is 30.6. The Kier molecular flexibility index (Phi) is 8.25. The average molecular weight is 749 g/mol. The number of hydrogen-bond acceptors (Lipinski definition) is 3. The molecule has 2 aliphatic carbocycles. The van der Waals surface area contributed by atoms with Crippen LogP contribution in [-0.2, 0) is 0 Å². The summed E-state index contributed by atoms with van der Waals surface area (Å²) in [5.41, 5.74) is 5.76. The zero-order valence-corrected chi connectivity index (χ0v) is 32.7. The molecule has 0 bridgehead atoms. The highest BCUT2D eigenvalue weighted by Gasteiger charge is 2.50. The van der Waals surface area contributed by atoms with Crippen molar-refractivity contribution < 1.29 is 5.48 Å². The molecule has 6 aromatic carbocycles. The summed E-state index contributed by atoms with van der Waals surface area (Å²) in [6.45, 7) is 0. The van der Waals surface area contributed by atoms with E-state index in [-0.39, 0.29) is 35.6 Å². The van der Waals surface area contributed by atoms with Gasteiger partial charge in [0.1, 0.15) is 8.07 Å². The third kappa shape index (κ3) is 6.19. The van der Waals surface area contributed by atoms with Crippen LogP contribution in [0.1, 0.15) is 69.7 Å². The fraction of sp³-hybridized carbons (Fsp3) is 0.235. The molecule has 10 rings (SSSR count). The van der Waals surface area contributed by atoms with Crippen molar-refractivity contribution in [2.75, 3.05) is 0 Å². The Morgan fingerprint density at radius 3 is 1.64 bits per heavy atom. The van der Waals surface area contributed by atoms with Crippen molar-refractivity contribution in [3.63, 3.8) is 0 Å². The van der Waals surface area contributed by atoms with Crippen LogP contribution in [0.15, 0.2) is 158 Å². The van der Waals surface area contributed by atoms with Gasteiger partial charge in [-0.25, -0.2) is 4.98 Å². The molecule has 2 saturated carbocycles. The van der Waals surface area contributed by atoms with Crippen molar-refractivity contribution in [2.45, 2.75) is 75.3 Å². The van der Waals surface area contributed by atoms with E-state index >= 15 is 0 Å². The fourth-order valence-corrected chi connectivity index (χ4v) is 16.9. The molecule has 0 saturated heterocycles. The second-order valence-electron chi connectivity index (χ2n) is 15.8. The standard InChI is InChI=1S/C51H48N4Si/c1-5-19-37(20-6-1)39-23-17-29-43(35-39)56(41-25-9-3-10-26-41,42-27-11-4-12-28-42)44-30-18-24-40(36-44)50-52-49(38-21-7-2-8-22-38)53-51(54-50)55-47-33-15-13-31-45(47)46-32-14-16-34-48(46)55/h1-2,5-8,13-24,29-36,41-42H,3-4,9-12,25-28H2/i18D,24D,30D,36D.